The highest BCUT2D eigenvalue weighted by molar-refractivity contribution is 7.90. The molecule has 4 aromatic rings. The summed E-state index contributed by atoms with van der Waals surface area (Å²) in [6.45, 7) is 4.73. The molecule has 0 saturated heterocycles. The van der Waals surface area contributed by atoms with Crippen molar-refractivity contribution < 1.29 is 17.9 Å². The molecule has 4 rings (SSSR count). The van der Waals surface area contributed by atoms with Gasteiger partial charge in [0.25, 0.3) is 15.9 Å². The number of fused-ring (bicyclic) bond motifs is 1. The summed E-state index contributed by atoms with van der Waals surface area (Å²) in [5.41, 5.74) is 2.97. The maximum Gasteiger partial charge on any atom is 0.281 e. The Morgan fingerprint density at radius 3 is 2.31 bits per heavy atom. The first-order chi connectivity index (χ1) is 16.7. The van der Waals surface area contributed by atoms with Crippen molar-refractivity contribution in [3.63, 3.8) is 0 Å². The molecule has 0 aliphatic carbocycles. The van der Waals surface area contributed by atoms with Gasteiger partial charge in [0.05, 0.1) is 11.5 Å². The Balaban J connectivity index is 1.52. The summed E-state index contributed by atoms with van der Waals surface area (Å²) in [5, 5.41) is 1.97. The van der Waals surface area contributed by atoms with Gasteiger partial charge >= 0.3 is 0 Å². The molecule has 1 amide bonds. The summed E-state index contributed by atoms with van der Waals surface area (Å²) in [5.74, 6) is 0.0230. The van der Waals surface area contributed by atoms with Crippen LogP contribution >= 0.6 is 23.2 Å². The average Bonchev–Trinajstić information content (AvgIpc) is 3.19. The molecular formula is C26H24Cl2N2O4S. The molecule has 0 aliphatic heterocycles. The van der Waals surface area contributed by atoms with Crippen molar-refractivity contribution in [3.8, 4) is 5.75 Å². The van der Waals surface area contributed by atoms with E-state index in [1.165, 1.54) is 24.3 Å². The zero-order valence-electron chi connectivity index (χ0n) is 19.2. The highest BCUT2D eigenvalue weighted by atomic mass is 35.5. The molecule has 0 unspecified atom stereocenters. The van der Waals surface area contributed by atoms with Gasteiger partial charge in [-0.2, -0.15) is 0 Å². The van der Waals surface area contributed by atoms with Crippen molar-refractivity contribution in [2.24, 2.45) is 0 Å². The van der Waals surface area contributed by atoms with Gasteiger partial charge in [-0.3, -0.25) is 4.79 Å². The fraction of sp³-hybridized carbons (Fsp3) is 0.192. The van der Waals surface area contributed by atoms with E-state index in [0.717, 1.165) is 32.8 Å². The van der Waals surface area contributed by atoms with E-state index in [-0.39, 0.29) is 10.6 Å². The van der Waals surface area contributed by atoms with E-state index in [2.05, 4.69) is 4.72 Å². The van der Waals surface area contributed by atoms with Crippen LogP contribution < -0.4 is 9.46 Å². The number of aryl methyl sites for hydroxylation is 3. The van der Waals surface area contributed by atoms with Crippen LogP contribution in [0.3, 0.4) is 0 Å². The zero-order valence-corrected chi connectivity index (χ0v) is 21.5. The van der Waals surface area contributed by atoms with Gasteiger partial charge in [-0.25, -0.2) is 13.1 Å². The number of benzene rings is 3. The fourth-order valence-electron chi connectivity index (χ4n) is 3.89. The molecule has 35 heavy (non-hydrogen) atoms. The number of amides is 1. The van der Waals surface area contributed by atoms with Gasteiger partial charge in [0, 0.05) is 27.5 Å². The third-order valence-electron chi connectivity index (χ3n) is 5.60. The molecule has 9 heteroatoms. The Kier molecular flexibility index (Phi) is 7.40. The van der Waals surface area contributed by atoms with Crippen molar-refractivity contribution in [2.45, 2.75) is 31.7 Å². The van der Waals surface area contributed by atoms with Gasteiger partial charge in [-0.1, -0.05) is 41.4 Å². The maximum absolute atomic E-state index is 13.1. The molecule has 0 bridgehead atoms. The maximum atomic E-state index is 13.1. The van der Waals surface area contributed by atoms with Crippen LogP contribution in [0.1, 0.15) is 28.0 Å². The van der Waals surface area contributed by atoms with Crippen LogP contribution in [0.15, 0.2) is 71.6 Å². The van der Waals surface area contributed by atoms with E-state index in [9.17, 15) is 13.2 Å². The summed E-state index contributed by atoms with van der Waals surface area (Å²) >= 11 is 12.1. The molecule has 0 radical (unpaired) electrons. The third kappa shape index (κ3) is 5.64. The number of hydrogen-bond acceptors (Lipinski definition) is 4. The smallest absolute Gasteiger partial charge is 0.281 e. The van der Waals surface area contributed by atoms with Gasteiger partial charge in [0.15, 0.2) is 0 Å². The normalized spacial score (nSPS) is 11.5. The van der Waals surface area contributed by atoms with Crippen LogP contribution in [-0.4, -0.2) is 25.5 Å². The lowest BCUT2D eigenvalue weighted by molar-refractivity contribution is 0.0972. The summed E-state index contributed by atoms with van der Waals surface area (Å²) in [6.07, 6.45) is 0.601. The van der Waals surface area contributed by atoms with E-state index in [4.69, 9.17) is 27.9 Å². The summed E-state index contributed by atoms with van der Waals surface area (Å²) in [4.78, 5) is 13.0. The van der Waals surface area contributed by atoms with Crippen LogP contribution in [0, 0.1) is 13.8 Å². The number of para-hydroxylation sites is 1. The minimum absolute atomic E-state index is 0.0418. The lowest BCUT2D eigenvalue weighted by atomic mass is 10.1. The number of rotatable bonds is 8. The fourth-order valence-corrected chi connectivity index (χ4v) is 5.08. The van der Waals surface area contributed by atoms with Gasteiger partial charge < -0.3 is 9.30 Å². The summed E-state index contributed by atoms with van der Waals surface area (Å²) < 4.78 is 35.4. The molecule has 3 aromatic carbocycles. The van der Waals surface area contributed by atoms with Crippen molar-refractivity contribution >= 4 is 50.0 Å². The van der Waals surface area contributed by atoms with Gasteiger partial charge in [-0.15, -0.1) is 0 Å². The molecular weight excluding hydrogens is 507 g/mol. The van der Waals surface area contributed by atoms with E-state index in [1.54, 1.807) is 6.07 Å². The lowest BCUT2D eigenvalue weighted by Crippen LogP contribution is -2.32. The number of nitrogens with zero attached hydrogens (tertiary/aromatic N) is 1. The van der Waals surface area contributed by atoms with Crippen molar-refractivity contribution in [1.29, 1.82) is 0 Å². The second-order valence-electron chi connectivity index (χ2n) is 8.20. The Labute approximate surface area is 214 Å². The predicted molar refractivity (Wildman–Crippen MR) is 139 cm³/mol. The standard InChI is InChI=1S/C26H24Cl2N2O4S/c1-17-14-21(15-18(2)25(17)28)34-13-5-12-30-23-7-4-3-6-19(23)16-24(30)26(31)29-35(32,33)22-10-8-20(27)9-11-22/h3-4,6-11,14-16H,5,12-13H2,1-2H3,(H,29,31). The zero-order chi connectivity index (χ0) is 25.2. The molecule has 0 saturated carbocycles. The van der Waals surface area contributed by atoms with E-state index in [1.807, 2.05) is 54.8 Å². The van der Waals surface area contributed by atoms with Crippen molar-refractivity contribution in [2.75, 3.05) is 6.61 Å². The summed E-state index contributed by atoms with van der Waals surface area (Å²) in [6, 6.07) is 18.6. The Morgan fingerprint density at radius 1 is 0.971 bits per heavy atom. The first-order valence-corrected chi connectivity index (χ1v) is 13.2. The van der Waals surface area contributed by atoms with Crippen LogP contribution in [0.5, 0.6) is 5.75 Å². The van der Waals surface area contributed by atoms with Crippen molar-refractivity contribution in [1.82, 2.24) is 9.29 Å². The van der Waals surface area contributed by atoms with E-state index < -0.39 is 15.9 Å². The minimum Gasteiger partial charge on any atom is -0.494 e. The molecule has 0 atom stereocenters. The second kappa shape index (κ2) is 10.3. The number of hydrogen-bond donors (Lipinski definition) is 1. The molecule has 182 valence electrons. The highest BCUT2D eigenvalue weighted by Gasteiger charge is 2.22. The predicted octanol–water partition coefficient (Wildman–Crippen LogP) is 6.15. The number of ether oxygens (including phenoxy) is 1. The van der Waals surface area contributed by atoms with Crippen molar-refractivity contribution in [3.05, 3.63) is 93.6 Å². The third-order valence-corrected chi connectivity index (χ3v) is 7.79. The SMILES string of the molecule is Cc1cc(OCCCn2c(C(=O)NS(=O)(=O)c3ccc(Cl)cc3)cc3ccccc32)cc(C)c1Cl. The highest BCUT2D eigenvalue weighted by Crippen LogP contribution is 2.26. The topological polar surface area (TPSA) is 77.4 Å². The number of aromatic nitrogens is 1. The second-order valence-corrected chi connectivity index (χ2v) is 10.7. The van der Waals surface area contributed by atoms with Crippen LogP contribution in [0.25, 0.3) is 10.9 Å². The average molecular weight is 531 g/mol. The van der Waals surface area contributed by atoms with Gasteiger partial charge in [-0.05, 0) is 79.9 Å². The molecule has 6 nitrogen and oxygen atoms in total. The molecule has 1 heterocycles. The van der Waals surface area contributed by atoms with Crippen LogP contribution in [0.4, 0.5) is 0 Å². The molecule has 0 spiro atoms. The lowest BCUT2D eigenvalue weighted by Gasteiger charge is -2.13. The first-order valence-electron chi connectivity index (χ1n) is 11.0. The van der Waals surface area contributed by atoms with Gasteiger partial charge in [0.1, 0.15) is 11.4 Å². The summed E-state index contributed by atoms with van der Waals surface area (Å²) in [7, 11) is -4.06. The number of sulfonamides is 1. The quantitative estimate of drug-likeness (QED) is 0.277. The molecule has 0 aliphatic rings. The minimum atomic E-state index is -4.06. The monoisotopic (exact) mass is 530 g/mol. The number of carbonyl (C=O) groups is 1. The largest absolute Gasteiger partial charge is 0.494 e. The Morgan fingerprint density at radius 2 is 1.63 bits per heavy atom. The number of nitrogens with one attached hydrogen (secondary N) is 1. The number of halogens is 2. The molecule has 1 N–H and O–H groups in total. The van der Waals surface area contributed by atoms with Gasteiger partial charge in [0.2, 0.25) is 0 Å². The molecule has 0 fully saturated rings. The Hall–Kier alpha value is -3.00. The van der Waals surface area contributed by atoms with Crippen LogP contribution in [0.2, 0.25) is 10.0 Å². The van der Waals surface area contributed by atoms with E-state index >= 15 is 0 Å². The Bertz CT molecular complexity index is 1470. The number of carbonyl (C=O) groups excluding carboxylic acids is 1. The first kappa shape index (κ1) is 25.1. The molecule has 1 aromatic heterocycles. The van der Waals surface area contributed by atoms with E-state index in [0.29, 0.717) is 24.6 Å². The van der Waals surface area contributed by atoms with Crippen LogP contribution in [-0.2, 0) is 16.6 Å².